The molecule has 0 fully saturated rings. The van der Waals surface area contributed by atoms with Gasteiger partial charge in [-0.2, -0.15) is 0 Å². The molecule has 0 atom stereocenters. The molecule has 1 amide bonds. The number of methoxy groups -OCH3 is 1. The number of nitrogens with zero attached hydrogens (tertiary/aromatic N) is 3. The number of benzene rings is 2. The highest BCUT2D eigenvalue weighted by molar-refractivity contribution is 7.14. The maximum Gasteiger partial charge on any atom is 0.266 e. The summed E-state index contributed by atoms with van der Waals surface area (Å²) in [5, 5.41) is 2.66. The minimum atomic E-state index is -0.103. The van der Waals surface area contributed by atoms with Crippen LogP contribution in [0.5, 0.6) is 11.5 Å². The molecule has 0 bridgehead atoms. The molecule has 0 N–H and O–H groups in total. The van der Waals surface area contributed by atoms with Crippen molar-refractivity contribution in [1.82, 2.24) is 9.88 Å². The molecule has 0 aliphatic heterocycles. The van der Waals surface area contributed by atoms with Gasteiger partial charge in [-0.3, -0.25) is 9.69 Å². The van der Waals surface area contributed by atoms with Crippen molar-refractivity contribution in [2.24, 2.45) is 0 Å². The highest BCUT2D eigenvalue weighted by Crippen LogP contribution is 2.29. The van der Waals surface area contributed by atoms with Crippen molar-refractivity contribution in [2.75, 3.05) is 45.8 Å². The van der Waals surface area contributed by atoms with Gasteiger partial charge in [0, 0.05) is 17.5 Å². The van der Waals surface area contributed by atoms with Crippen molar-refractivity contribution >= 4 is 34.8 Å². The van der Waals surface area contributed by atoms with E-state index < -0.39 is 0 Å². The summed E-state index contributed by atoms with van der Waals surface area (Å²) in [4.78, 5) is 21.5. The van der Waals surface area contributed by atoms with Crippen LogP contribution in [0.25, 0.3) is 11.3 Å². The third-order valence-electron chi connectivity index (χ3n) is 4.50. The van der Waals surface area contributed by atoms with Crippen LogP contribution >= 0.6 is 23.7 Å². The Morgan fingerprint density at radius 3 is 2.35 bits per heavy atom. The summed E-state index contributed by atoms with van der Waals surface area (Å²) in [6, 6.07) is 17.1. The zero-order valence-corrected chi connectivity index (χ0v) is 19.6. The van der Waals surface area contributed by atoms with Crippen LogP contribution in [0.1, 0.15) is 6.42 Å². The van der Waals surface area contributed by atoms with E-state index in [0.29, 0.717) is 17.4 Å². The molecule has 8 heteroatoms. The number of anilines is 1. The van der Waals surface area contributed by atoms with Gasteiger partial charge < -0.3 is 14.4 Å². The van der Waals surface area contributed by atoms with E-state index in [1.165, 1.54) is 11.3 Å². The molecule has 0 aliphatic rings. The molecule has 31 heavy (non-hydrogen) atoms. The SMILES string of the molecule is COc1ccc(-c2csc(N(CCCN(C)C)C(=O)COc3ccccc3)n2)cc1.Cl. The molecule has 0 unspecified atom stereocenters. The van der Waals surface area contributed by atoms with Crippen LogP contribution in [0.15, 0.2) is 60.0 Å². The Morgan fingerprint density at radius 2 is 1.71 bits per heavy atom. The van der Waals surface area contributed by atoms with E-state index in [9.17, 15) is 4.79 Å². The number of carbonyl (C=O) groups is 1. The summed E-state index contributed by atoms with van der Waals surface area (Å²) in [5.74, 6) is 1.37. The quantitative estimate of drug-likeness (QED) is 0.441. The maximum atomic E-state index is 13.0. The van der Waals surface area contributed by atoms with Gasteiger partial charge in [-0.05, 0) is 63.5 Å². The van der Waals surface area contributed by atoms with Crippen LogP contribution in [0.4, 0.5) is 5.13 Å². The Morgan fingerprint density at radius 1 is 1.00 bits per heavy atom. The number of aromatic nitrogens is 1. The zero-order chi connectivity index (χ0) is 21.3. The number of thiazole rings is 1. The summed E-state index contributed by atoms with van der Waals surface area (Å²) in [7, 11) is 5.69. The second-order valence-corrected chi connectivity index (χ2v) is 7.88. The fraction of sp³-hybridized carbons (Fsp3) is 0.304. The van der Waals surface area contributed by atoms with Crippen LogP contribution in [0.3, 0.4) is 0 Å². The van der Waals surface area contributed by atoms with Gasteiger partial charge in [0.1, 0.15) is 11.5 Å². The van der Waals surface area contributed by atoms with Crippen LogP contribution in [-0.4, -0.2) is 56.7 Å². The van der Waals surface area contributed by atoms with E-state index in [1.54, 1.807) is 12.0 Å². The van der Waals surface area contributed by atoms with Crippen molar-refractivity contribution in [3.8, 4) is 22.8 Å². The fourth-order valence-corrected chi connectivity index (χ4v) is 3.77. The van der Waals surface area contributed by atoms with Crippen molar-refractivity contribution in [3.05, 3.63) is 60.0 Å². The van der Waals surface area contributed by atoms with Gasteiger partial charge in [0.25, 0.3) is 5.91 Å². The van der Waals surface area contributed by atoms with Gasteiger partial charge in [-0.1, -0.05) is 18.2 Å². The lowest BCUT2D eigenvalue weighted by Crippen LogP contribution is -2.36. The lowest BCUT2D eigenvalue weighted by atomic mass is 10.2. The van der Waals surface area contributed by atoms with Crippen LogP contribution < -0.4 is 14.4 Å². The number of rotatable bonds is 10. The molecule has 1 aromatic heterocycles. The Balaban J connectivity index is 0.00000341. The molecule has 3 rings (SSSR count). The third-order valence-corrected chi connectivity index (χ3v) is 5.37. The van der Waals surface area contributed by atoms with Crippen molar-refractivity contribution < 1.29 is 14.3 Å². The summed E-state index contributed by atoms with van der Waals surface area (Å²) in [6.07, 6.45) is 0.849. The van der Waals surface area contributed by atoms with E-state index >= 15 is 0 Å². The van der Waals surface area contributed by atoms with Crippen molar-refractivity contribution in [3.63, 3.8) is 0 Å². The Labute approximate surface area is 193 Å². The van der Waals surface area contributed by atoms with E-state index in [-0.39, 0.29) is 24.9 Å². The summed E-state index contributed by atoms with van der Waals surface area (Å²) >= 11 is 1.46. The number of para-hydroxylation sites is 1. The average Bonchev–Trinajstić information content (AvgIpc) is 3.25. The second kappa shape index (κ2) is 12.3. The van der Waals surface area contributed by atoms with E-state index in [2.05, 4.69) is 4.90 Å². The molecule has 0 saturated heterocycles. The molecule has 3 aromatic rings. The lowest BCUT2D eigenvalue weighted by molar-refractivity contribution is -0.120. The lowest BCUT2D eigenvalue weighted by Gasteiger charge is -2.21. The first-order valence-corrected chi connectivity index (χ1v) is 10.7. The van der Waals surface area contributed by atoms with E-state index in [1.807, 2.05) is 74.1 Å². The monoisotopic (exact) mass is 461 g/mol. The number of halogens is 1. The van der Waals surface area contributed by atoms with E-state index in [0.717, 1.165) is 30.0 Å². The van der Waals surface area contributed by atoms with Gasteiger partial charge in [0.05, 0.1) is 12.8 Å². The fourth-order valence-electron chi connectivity index (χ4n) is 2.89. The van der Waals surface area contributed by atoms with Crippen LogP contribution in [0, 0.1) is 0 Å². The van der Waals surface area contributed by atoms with E-state index in [4.69, 9.17) is 14.5 Å². The molecule has 0 radical (unpaired) electrons. The highest BCUT2D eigenvalue weighted by atomic mass is 35.5. The first-order chi connectivity index (χ1) is 14.6. The number of ether oxygens (including phenoxy) is 2. The smallest absolute Gasteiger partial charge is 0.266 e. The van der Waals surface area contributed by atoms with Gasteiger partial charge in [-0.15, -0.1) is 23.7 Å². The molecule has 0 spiro atoms. The molecular formula is C23H28ClN3O3S. The summed E-state index contributed by atoms with van der Waals surface area (Å²) in [6.45, 7) is 1.45. The maximum absolute atomic E-state index is 13.0. The first kappa shape index (κ1) is 24.7. The average molecular weight is 462 g/mol. The largest absolute Gasteiger partial charge is 0.497 e. The minimum absolute atomic E-state index is 0. The molecule has 0 aliphatic carbocycles. The molecule has 1 heterocycles. The molecule has 0 saturated carbocycles. The van der Waals surface area contributed by atoms with Crippen LogP contribution in [-0.2, 0) is 4.79 Å². The standard InChI is InChI=1S/C23H27N3O3S.ClH/c1-25(2)14-7-15-26(22(27)16-29-20-8-5-4-6-9-20)23-24-21(17-30-23)18-10-12-19(28-3)13-11-18;/h4-6,8-13,17H,7,14-16H2,1-3H3;1H. The zero-order valence-electron chi connectivity index (χ0n) is 18.0. The van der Waals surface area contributed by atoms with Gasteiger partial charge in [0.2, 0.25) is 0 Å². The molecule has 6 nitrogen and oxygen atoms in total. The second-order valence-electron chi connectivity index (χ2n) is 7.05. The third kappa shape index (κ3) is 7.24. The Bertz CT molecular complexity index is 933. The number of hydrogen-bond donors (Lipinski definition) is 0. The van der Waals surface area contributed by atoms with Crippen molar-refractivity contribution in [2.45, 2.75) is 6.42 Å². The van der Waals surface area contributed by atoms with Crippen LogP contribution in [0.2, 0.25) is 0 Å². The molecular weight excluding hydrogens is 434 g/mol. The number of carbonyl (C=O) groups excluding carboxylic acids is 1. The van der Waals surface area contributed by atoms with Gasteiger partial charge in [0.15, 0.2) is 11.7 Å². The van der Waals surface area contributed by atoms with Gasteiger partial charge >= 0.3 is 0 Å². The first-order valence-electron chi connectivity index (χ1n) is 9.79. The minimum Gasteiger partial charge on any atom is -0.497 e. The predicted molar refractivity (Wildman–Crippen MR) is 129 cm³/mol. The molecule has 2 aromatic carbocycles. The predicted octanol–water partition coefficient (Wildman–Crippen LogP) is 4.60. The number of hydrogen-bond acceptors (Lipinski definition) is 6. The topological polar surface area (TPSA) is 54.9 Å². The molecule has 166 valence electrons. The summed E-state index contributed by atoms with van der Waals surface area (Å²) in [5.41, 5.74) is 1.83. The summed E-state index contributed by atoms with van der Waals surface area (Å²) < 4.78 is 10.9. The highest BCUT2D eigenvalue weighted by Gasteiger charge is 2.20. The number of amides is 1. The Kier molecular flexibility index (Phi) is 9.78. The van der Waals surface area contributed by atoms with Crippen molar-refractivity contribution in [1.29, 1.82) is 0 Å². The Hall–Kier alpha value is -2.61. The van der Waals surface area contributed by atoms with Gasteiger partial charge in [-0.25, -0.2) is 4.98 Å². The normalized spacial score (nSPS) is 10.5.